The van der Waals surface area contributed by atoms with Crippen molar-refractivity contribution in [2.24, 2.45) is 5.41 Å². The number of ether oxygens (including phenoxy) is 1. The monoisotopic (exact) mass is 481 g/mol. The first-order chi connectivity index (χ1) is 16.5. The number of carboxylic acids is 1. The SMILES string of the molecule is CN(C)CCC(NC(=O)OCC1c2ccccc2-c2ccccc21)C(=O)N[C@@H](C(=O)O)C(C)(C)C. The van der Waals surface area contributed by atoms with Crippen molar-refractivity contribution in [3.05, 3.63) is 59.7 Å². The van der Waals surface area contributed by atoms with Crippen molar-refractivity contribution < 1.29 is 24.2 Å². The smallest absolute Gasteiger partial charge is 0.407 e. The van der Waals surface area contributed by atoms with Crippen LogP contribution in [-0.4, -0.2) is 67.3 Å². The third-order valence-corrected chi connectivity index (χ3v) is 6.22. The fraction of sp³-hybridized carbons (Fsp3) is 0.444. The summed E-state index contributed by atoms with van der Waals surface area (Å²) < 4.78 is 5.59. The molecule has 0 fully saturated rings. The van der Waals surface area contributed by atoms with Crippen LogP contribution in [0.3, 0.4) is 0 Å². The zero-order valence-electron chi connectivity index (χ0n) is 21.0. The van der Waals surface area contributed by atoms with Crippen molar-refractivity contribution in [3.63, 3.8) is 0 Å². The number of aliphatic carboxylic acids is 1. The summed E-state index contributed by atoms with van der Waals surface area (Å²) in [7, 11) is 3.72. The fourth-order valence-electron chi connectivity index (χ4n) is 4.33. The van der Waals surface area contributed by atoms with E-state index in [2.05, 4.69) is 22.8 Å². The molecule has 2 aromatic rings. The van der Waals surface area contributed by atoms with E-state index in [4.69, 9.17) is 4.74 Å². The number of amides is 2. The Morgan fingerprint density at radius 3 is 2.00 bits per heavy atom. The van der Waals surface area contributed by atoms with Gasteiger partial charge in [0.05, 0.1) is 0 Å². The molecule has 3 N–H and O–H groups in total. The van der Waals surface area contributed by atoms with Gasteiger partial charge in [0, 0.05) is 5.92 Å². The predicted octanol–water partition coefficient (Wildman–Crippen LogP) is 3.46. The Morgan fingerprint density at radius 1 is 0.971 bits per heavy atom. The maximum atomic E-state index is 13.0. The van der Waals surface area contributed by atoms with E-state index < -0.39 is 35.5 Å². The molecule has 0 aliphatic heterocycles. The molecule has 0 saturated carbocycles. The highest BCUT2D eigenvalue weighted by Gasteiger charge is 2.35. The summed E-state index contributed by atoms with van der Waals surface area (Å²) in [5.41, 5.74) is 3.75. The summed E-state index contributed by atoms with van der Waals surface area (Å²) in [6, 6.07) is 14.1. The van der Waals surface area contributed by atoms with E-state index in [9.17, 15) is 19.5 Å². The van der Waals surface area contributed by atoms with Crippen LogP contribution in [-0.2, 0) is 14.3 Å². The molecule has 8 heteroatoms. The van der Waals surface area contributed by atoms with Crippen LogP contribution in [0.15, 0.2) is 48.5 Å². The van der Waals surface area contributed by atoms with Crippen LogP contribution in [0.4, 0.5) is 4.79 Å². The van der Waals surface area contributed by atoms with Gasteiger partial charge in [0.25, 0.3) is 0 Å². The van der Waals surface area contributed by atoms with Gasteiger partial charge in [-0.1, -0.05) is 69.3 Å². The molecule has 8 nitrogen and oxygen atoms in total. The Balaban J connectivity index is 1.69. The van der Waals surface area contributed by atoms with Gasteiger partial charge in [-0.25, -0.2) is 9.59 Å². The topological polar surface area (TPSA) is 108 Å². The van der Waals surface area contributed by atoms with E-state index in [1.807, 2.05) is 55.4 Å². The van der Waals surface area contributed by atoms with E-state index in [1.165, 1.54) is 0 Å². The van der Waals surface area contributed by atoms with Gasteiger partial charge in [-0.15, -0.1) is 0 Å². The average Bonchev–Trinajstić information content (AvgIpc) is 3.11. The Morgan fingerprint density at radius 2 is 1.51 bits per heavy atom. The second kappa shape index (κ2) is 10.9. The molecule has 0 heterocycles. The van der Waals surface area contributed by atoms with Crippen molar-refractivity contribution in [3.8, 4) is 11.1 Å². The maximum Gasteiger partial charge on any atom is 0.407 e. The first-order valence-electron chi connectivity index (χ1n) is 11.8. The molecule has 0 spiro atoms. The Kier molecular flexibility index (Phi) is 8.17. The molecule has 2 aromatic carbocycles. The third kappa shape index (κ3) is 6.39. The van der Waals surface area contributed by atoms with Gasteiger partial charge >= 0.3 is 12.1 Å². The molecule has 1 unspecified atom stereocenters. The molecule has 0 aromatic heterocycles. The summed E-state index contributed by atoms with van der Waals surface area (Å²) in [6.07, 6.45) is -0.409. The number of fused-ring (bicyclic) bond motifs is 3. The van der Waals surface area contributed by atoms with Gasteiger partial charge in [0.15, 0.2) is 0 Å². The number of hydrogen-bond acceptors (Lipinski definition) is 5. The summed E-state index contributed by atoms with van der Waals surface area (Å²) >= 11 is 0. The number of carbonyl (C=O) groups excluding carboxylic acids is 2. The Labute approximate surface area is 206 Å². The highest BCUT2D eigenvalue weighted by atomic mass is 16.5. The lowest BCUT2D eigenvalue weighted by atomic mass is 9.86. The molecule has 2 atom stereocenters. The normalized spacial score (nSPS) is 14.6. The van der Waals surface area contributed by atoms with Crippen molar-refractivity contribution in [2.75, 3.05) is 27.2 Å². The standard InChI is InChI=1S/C27H35N3O5/c1-27(2,3)23(25(32)33)29-24(31)22(14-15-30(4)5)28-26(34)35-16-21-19-12-8-6-10-17(19)18-11-7-9-13-20(18)21/h6-13,21-23H,14-16H2,1-5H3,(H,28,34)(H,29,31)(H,32,33)/t22?,23-/m0/s1. The van der Waals surface area contributed by atoms with Crippen LogP contribution in [0.1, 0.15) is 44.2 Å². The lowest BCUT2D eigenvalue weighted by Gasteiger charge is -2.30. The zero-order chi connectivity index (χ0) is 25.8. The quantitative estimate of drug-likeness (QED) is 0.506. The van der Waals surface area contributed by atoms with E-state index in [0.29, 0.717) is 13.0 Å². The number of nitrogens with one attached hydrogen (secondary N) is 2. The second-order valence-electron chi connectivity index (χ2n) is 10.3. The summed E-state index contributed by atoms with van der Waals surface area (Å²) in [4.78, 5) is 39.3. The molecule has 1 aliphatic rings. The van der Waals surface area contributed by atoms with E-state index in [-0.39, 0.29) is 12.5 Å². The Hall–Kier alpha value is -3.39. The molecule has 0 saturated heterocycles. The maximum absolute atomic E-state index is 13.0. The number of nitrogens with zero attached hydrogens (tertiary/aromatic N) is 1. The van der Waals surface area contributed by atoms with Crippen LogP contribution in [0, 0.1) is 5.41 Å². The van der Waals surface area contributed by atoms with Crippen molar-refractivity contribution in [1.29, 1.82) is 0 Å². The minimum atomic E-state index is -1.13. The molecule has 1 aliphatic carbocycles. The largest absolute Gasteiger partial charge is 0.480 e. The first-order valence-corrected chi connectivity index (χ1v) is 11.8. The molecular weight excluding hydrogens is 446 g/mol. The van der Waals surface area contributed by atoms with Gasteiger partial charge < -0.3 is 25.4 Å². The van der Waals surface area contributed by atoms with Crippen molar-refractivity contribution in [2.45, 2.75) is 45.2 Å². The molecule has 0 bridgehead atoms. The van der Waals surface area contributed by atoms with Gasteiger partial charge in [-0.3, -0.25) is 4.79 Å². The van der Waals surface area contributed by atoms with Crippen LogP contribution in [0.5, 0.6) is 0 Å². The number of hydrogen-bond donors (Lipinski definition) is 3. The lowest BCUT2D eigenvalue weighted by molar-refractivity contribution is -0.145. The fourth-order valence-corrected chi connectivity index (χ4v) is 4.33. The summed E-state index contributed by atoms with van der Waals surface area (Å²) in [5, 5.41) is 14.8. The number of carbonyl (C=O) groups is 3. The van der Waals surface area contributed by atoms with Gasteiger partial charge in [-0.05, 0) is 54.7 Å². The van der Waals surface area contributed by atoms with Crippen LogP contribution in [0.25, 0.3) is 11.1 Å². The lowest BCUT2D eigenvalue weighted by Crippen LogP contribution is -2.56. The average molecular weight is 482 g/mol. The second-order valence-corrected chi connectivity index (χ2v) is 10.3. The molecule has 2 amide bonds. The summed E-state index contributed by atoms with van der Waals surface area (Å²) in [5.74, 6) is -1.78. The molecule has 0 radical (unpaired) electrons. The zero-order valence-corrected chi connectivity index (χ0v) is 21.0. The van der Waals surface area contributed by atoms with Gasteiger partial charge in [0.2, 0.25) is 5.91 Å². The minimum absolute atomic E-state index is 0.0977. The molecule has 35 heavy (non-hydrogen) atoms. The molecule has 3 rings (SSSR count). The highest BCUT2D eigenvalue weighted by Crippen LogP contribution is 2.44. The van der Waals surface area contributed by atoms with E-state index in [0.717, 1.165) is 22.3 Å². The molecular formula is C27H35N3O5. The number of rotatable bonds is 9. The number of benzene rings is 2. The highest BCUT2D eigenvalue weighted by molar-refractivity contribution is 5.89. The third-order valence-electron chi connectivity index (χ3n) is 6.22. The van der Waals surface area contributed by atoms with Crippen LogP contribution < -0.4 is 10.6 Å². The van der Waals surface area contributed by atoms with Gasteiger partial charge in [0.1, 0.15) is 18.7 Å². The first kappa shape index (κ1) is 26.2. The van der Waals surface area contributed by atoms with Crippen molar-refractivity contribution in [1.82, 2.24) is 15.5 Å². The molecule has 188 valence electrons. The van der Waals surface area contributed by atoms with E-state index in [1.54, 1.807) is 20.8 Å². The number of carboxylic acid groups (broad SMARTS) is 1. The minimum Gasteiger partial charge on any atom is -0.480 e. The number of alkyl carbamates (subject to hydrolysis) is 1. The van der Waals surface area contributed by atoms with E-state index >= 15 is 0 Å². The summed E-state index contributed by atoms with van der Waals surface area (Å²) in [6.45, 7) is 5.86. The van der Waals surface area contributed by atoms with Crippen LogP contribution >= 0.6 is 0 Å². The Bertz CT molecular complexity index is 1030. The van der Waals surface area contributed by atoms with Crippen LogP contribution in [0.2, 0.25) is 0 Å². The predicted molar refractivity (Wildman–Crippen MR) is 134 cm³/mol. The van der Waals surface area contributed by atoms with Gasteiger partial charge in [-0.2, -0.15) is 0 Å². The van der Waals surface area contributed by atoms with Crippen molar-refractivity contribution >= 4 is 18.0 Å².